The first-order chi connectivity index (χ1) is 20.0. The molecule has 0 heterocycles. The lowest BCUT2D eigenvalue weighted by Gasteiger charge is -2.19. The second kappa shape index (κ2) is 34.0. The zero-order valence-electron chi connectivity index (χ0n) is 27.7. The maximum absolute atomic E-state index is 12.8. The number of halogens is 1. The van der Waals surface area contributed by atoms with E-state index in [0.717, 1.165) is 25.7 Å². The molecule has 0 aliphatic heterocycles. The zero-order valence-corrected chi connectivity index (χ0v) is 28.5. The quantitative estimate of drug-likeness (QED) is 0.0304. The van der Waals surface area contributed by atoms with Gasteiger partial charge in [0.15, 0.2) is 5.96 Å². The second-order valence-corrected chi connectivity index (χ2v) is 12.1. The van der Waals surface area contributed by atoms with E-state index >= 15 is 0 Å². The average Bonchev–Trinajstić information content (AvgIpc) is 2.95. The third-order valence-corrected chi connectivity index (χ3v) is 7.97. The molecule has 0 aromatic carbocycles. The summed E-state index contributed by atoms with van der Waals surface area (Å²) in [4.78, 5) is 25.4. The number of guanidine groups is 1. The van der Waals surface area contributed by atoms with Gasteiger partial charge >= 0.3 is 0 Å². The summed E-state index contributed by atoms with van der Waals surface area (Å²) in [5.74, 6) is -0.201. The number of carbonyl (C=O) groups excluding carboxylic acids is 2. The minimum Gasteiger partial charge on any atom is -0.370 e. The van der Waals surface area contributed by atoms with Crippen molar-refractivity contribution < 1.29 is 9.59 Å². The summed E-state index contributed by atoms with van der Waals surface area (Å²) in [5, 5.41) is 16.1. The van der Waals surface area contributed by atoms with Gasteiger partial charge in [0.2, 0.25) is 11.8 Å². The fraction of sp³-hybridized carbons (Fsp3) is 0.912. The molecule has 6 N–H and O–H groups in total. The maximum atomic E-state index is 12.8. The van der Waals surface area contributed by atoms with Crippen LogP contribution in [0.15, 0.2) is 0 Å². The molecule has 0 aliphatic carbocycles. The van der Waals surface area contributed by atoms with Crippen LogP contribution >= 0.6 is 12.4 Å². The topological polar surface area (TPSA) is 120 Å². The van der Waals surface area contributed by atoms with Gasteiger partial charge in [-0.15, -0.1) is 12.4 Å². The summed E-state index contributed by atoms with van der Waals surface area (Å²) in [5.41, 5.74) is 5.36. The van der Waals surface area contributed by atoms with Crippen molar-refractivity contribution in [3.8, 4) is 0 Å². The normalized spacial score (nSPS) is 11.5. The van der Waals surface area contributed by atoms with E-state index < -0.39 is 6.04 Å². The summed E-state index contributed by atoms with van der Waals surface area (Å²) < 4.78 is 0. The fourth-order valence-corrected chi connectivity index (χ4v) is 5.32. The summed E-state index contributed by atoms with van der Waals surface area (Å²) >= 11 is 0. The van der Waals surface area contributed by atoms with Crippen LogP contribution < -0.4 is 21.7 Å². The van der Waals surface area contributed by atoms with Gasteiger partial charge in [-0.05, 0) is 25.7 Å². The van der Waals surface area contributed by atoms with Crippen LogP contribution in [-0.2, 0) is 9.59 Å². The Bertz CT molecular complexity index is 621. The summed E-state index contributed by atoms with van der Waals surface area (Å²) in [6.45, 7) is 5.70. The molecule has 8 heteroatoms. The highest BCUT2D eigenvalue weighted by Gasteiger charge is 2.20. The number of rotatable bonds is 31. The van der Waals surface area contributed by atoms with Gasteiger partial charge in [0.1, 0.15) is 6.04 Å². The predicted molar refractivity (Wildman–Crippen MR) is 183 cm³/mol. The molecule has 250 valence electrons. The Labute approximate surface area is 266 Å². The number of hydrogen-bond donors (Lipinski definition) is 5. The Hall–Kier alpha value is -1.50. The SMILES string of the molecule is CCCCCCCCCCCCCCCC(=O)NC(CCCNC(=N)N)C(=O)NCCCCCCCCCCCC.Cl. The molecule has 0 rings (SSSR count). The molecular weight excluding hydrogens is 546 g/mol. The highest BCUT2D eigenvalue weighted by atomic mass is 35.5. The minimum atomic E-state index is -0.527. The minimum absolute atomic E-state index is 0. The van der Waals surface area contributed by atoms with Crippen molar-refractivity contribution in [1.82, 2.24) is 16.0 Å². The van der Waals surface area contributed by atoms with Crippen LogP contribution in [0.3, 0.4) is 0 Å². The second-order valence-electron chi connectivity index (χ2n) is 12.1. The lowest BCUT2D eigenvalue weighted by atomic mass is 10.0. The Kier molecular flexibility index (Phi) is 34.5. The number of nitrogens with one attached hydrogen (secondary N) is 4. The number of nitrogens with two attached hydrogens (primary N) is 1. The van der Waals surface area contributed by atoms with Crippen molar-refractivity contribution in [2.75, 3.05) is 13.1 Å². The van der Waals surface area contributed by atoms with Crippen molar-refractivity contribution in [3.05, 3.63) is 0 Å². The van der Waals surface area contributed by atoms with Gasteiger partial charge < -0.3 is 21.7 Å². The summed E-state index contributed by atoms with van der Waals surface area (Å²) in [6.07, 6.45) is 31.0. The van der Waals surface area contributed by atoms with E-state index in [9.17, 15) is 9.59 Å². The molecule has 0 saturated carbocycles. The predicted octanol–water partition coefficient (Wildman–Crippen LogP) is 8.67. The molecule has 0 aliphatic rings. The fourth-order valence-electron chi connectivity index (χ4n) is 5.32. The van der Waals surface area contributed by atoms with Crippen LogP contribution in [0.5, 0.6) is 0 Å². The molecule has 0 spiro atoms. The van der Waals surface area contributed by atoms with Crippen LogP contribution in [0.25, 0.3) is 0 Å². The number of unbranched alkanes of at least 4 members (excludes halogenated alkanes) is 21. The van der Waals surface area contributed by atoms with Crippen LogP contribution in [0.1, 0.15) is 181 Å². The Morgan fingerprint density at radius 1 is 0.571 bits per heavy atom. The standard InChI is InChI=1S/C34H69N5O2.ClH/c1-3-5-7-9-11-13-15-16-17-18-20-22-24-28-32(40)39-31(27-26-30-38-34(35)36)33(41)37-29-25-23-21-19-14-12-10-8-6-4-2;/h31H,3-30H2,1-2H3,(H,37,41)(H,39,40)(H4,35,36,38);1H. The van der Waals surface area contributed by atoms with Crippen LogP contribution in [0.4, 0.5) is 0 Å². The smallest absolute Gasteiger partial charge is 0.242 e. The van der Waals surface area contributed by atoms with E-state index in [4.69, 9.17) is 11.1 Å². The van der Waals surface area contributed by atoms with Gasteiger partial charge in [0.05, 0.1) is 0 Å². The lowest BCUT2D eigenvalue weighted by molar-refractivity contribution is -0.129. The molecule has 0 aromatic rings. The number of carbonyl (C=O) groups is 2. The first kappa shape index (κ1) is 42.6. The highest BCUT2D eigenvalue weighted by Crippen LogP contribution is 2.13. The van der Waals surface area contributed by atoms with Crippen molar-refractivity contribution in [2.24, 2.45) is 5.73 Å². The van der Waals surface area contributed by atoms with E-state index in [-0.39, 0.29) is 30.2 Å². The molecule has 0 fully saturated rings. The van der Waals surface area contributed by atoms with Crippen molar-refractivity contribution in [2.45, 2.75) is 187 Å². The van der Waals surface area contributed by atoms with Crippen molar-refractivity contribution in [3.63, 3.8) is 0 Å². The Morgan fingerprint density at radius 2 is 0.952 bits per heavy atom. The molecule has 0 bridgehead atoms. The highest BCUT2D eigenvalue weighted by molar-refractivity contribution is 5.87. The molecule has 0 aromatic heterocycles. The van der Waals surface area contributed by atoms with Gasteiger partial charge in [-0.2, -0.15) is 0 Å². The van der Waals surface area contributed by atoms with Crippen molar-refractivity contribution in [1.29, 1.82) is 5.41 Å². The molecule has 1 atom stereocenters. The molecule has 1 unspecified atom stereocenters. The van der Waals surface area contributed by atoms with Gasteiger partial charge in [-0.3, -0.25) is 15.0 Å². The molecule has 0 radical (unpaired) electrons. The molecule has 0 saturated heterocycles. The lowest BCUT2D eigenvalue weighted by Crippen LogP contribution is -2.47. The number of hydrogen-bond acceptors (Lipinski definition) is 3. The molecule has 2 amide bonds. The van der Waals surface area contributed by atoms with Gasteiger partial charge in [-0.1, -0.05) is 149 Å². The zero-order chi connectivity index (χ0) is 30.2. The van der Waals surface area contributed by atoms with E-state index in [1.54, 1.807) is 0 Å². The van der Waals surface area contributed by atoms with E-state index in [0.29, 0.717) is 32.4 Å². The van der Waals surface area contributed by atoms with Crippen LogP contribution in [-0.4, -0.2) is 36.9 Å². The average molecular weight is 616 g/mol. The molecule has 7 nitrogen and oxygen atoms in total. The largest absolute Gasteiger partial charge is 0.370 e. The number of amides is 2. The first-order valence-corrected chi connectivity index (χ1v) is 17.7. The van der Waals surface area contributed by atoms with Crippen LogP contribution in [0, 0.1) is 5.41 Å². The van der Waals surface area contributed by atoms with Gasteiger partial charge in [0.25, 0.3) is 0 Å². The van der Waals surface area contributed by atoms with Crippen molar-refractivity contribution >= 4 is 30.2 Å². The Morgan fingerprint density at radius 3 is 1.38 bits per heavy atom. The van der Waals surface area contributed by atoms with E-state index in [1.807, 2.05) is 0 Å². The monoisotopic (exact) mass is 616 g/mol. The first-order valence-electron chi connectivity index (χ1n) is 17.7. The van der Waals surface area contributed by atoms with Gasteiger partial charge in [-0.25, -0.2) is 0 Å². The third-order valence-electron chi connectivity index (χ3n) is 7.97. The maximum Gasteiger partial charge on any atom is 0.242 e. The molecule has 42 heavy (non-hydrogen) atoms. The van der Waals surface area contributed by atoms with E-state index in [2.05, 4.69) is 29.8 Å². The summed E-state index contributed by atoms with van der Waals surface area (Å²) in [7, 11) is 0. The van der Waals surface area contributed by atoms with E-state index in [1.165, 1.54) is 122 Å². The summed E-state index contributed by atoms with van der Waals surface area (Å²) in [6, 6.07) is -0.527. The van der Waals surface area contributed by atoms with Gasteiger partial charge in [0, 0.05) is 19.5 Å². The van der Waals surface area contributed by atoms with Crippen LogP contribution in [0.2, 0.25) is 0 Å². The molecular formula is C34H70ClN5O2. The third kappa shape index (κ3) is 31.4. The Balaban J connectivity index is 0.